The minimum Gasteiger partial charge on any atom is -0.495 e. The van der Waals surface area contributed by atoms with Gasteiger partial charge in [0.15, 0.2) is 0 Å². The van der Waals surface area contributed by atoms with Gasteiger partial charge >= 0.3 is 0 Å². The maximum Gasteiger partial charge on any atom is 0.141 e. The van der Waals surface area contributed by atoms with Crippen LogP contribution >= 0.6 is 11.6 Å². The van der Waals surface area contributed by atoms with Crippen molar-refractivity contribution in [2.45, 2.75) is 6.54 Å². The standard InChI is InChI=1S/C10H14ClNO3/c1-12(13)6-7-4-8(14-2)10(11)9(5-7)15-3/h4-5,13H,6H2,1-3H3. The van der Waals surface area contributed by atoms with E-state index in [1.807, 2.05) is 0 Å². The normalized spacial score (nSPS) is 10.5. The SMILES string of the molecule is COc1cc(CN(C)O)cc(OC)c1Cl. The van der Waals surface area contributed by atoms with Crippen LogP contribution in [0.4, 0.5) is 0 Å². The number of nitrogens with zero attached hydrogens (tertiary/aromatic N) is 1. The van der Waals surface area contributed by atoms with Gasteiger partial charge in [0.2, 0.25) is 0 Å². The lowest BCUT2D eigenvalue weighted by Gasteiger charge is -2.13. The average Bonchev–Trinajstić information content (AvgIpc) is 2.19. The van der Waals surface area contributed by atoms with Gasteiger partial charge in [-0.3, -0.25) is 0 Å². The third-order valence-electron chi connectivity index (χ3n) is 1.92. The fourth-order valence-corrected chi connectivity index (χ4v) is 1.54. The maximum absolute atomic E-state index is 9.12. The molecule has 4 nitrogen and oxygen atoms in total. The van der Waals surface area contributed by atoms with Crippen LogP contribution in [0.1, 0.15) is 5.56 Å². The molecule has 0 saturated heterocycles. The molecule has 1 rings (SSSR count). The van der Waals surface area contributed by atoms with E-state index in [1.54, 1.807) is 19.2 Å². The fraction of sp³-hybridized carbons (Fsp3) is 0.400. The predicted octanol–water partition coefficient (Wildman–Crippen LogP) is 2.18. The molecule has 0 saturated carbocycles. The largest absolute Gasteiger partial charge is 0.495 e. The van der Waals surface area contributed by atoms with E-state index in [2.05, 4.69) is 0 Å². The van der Waals surface area contributed by atoms with Crippen LogP contribution in [0, 0.1) is 0 Å². The summed E-state index contributed by atoms with van der Waals surface area (Å²) < 4.78 is 10.2. The van der Waals surface area contributed by atoms with Crippen molar-refractivity contribution in [3.63, 3.8) is 0 Å². The summed E-state index contributed by atoms with van der Waals surface area (Å²) in [5, 5.41) is 10.6. The van der Waals surface area contributed by atoms with E-state index in [4.69, 9.17) is 26.3 Å². The van der Waals surface area contributed by atoms with Crippen molar-refractivity contribution < 1.29 is 14.7 Å². The molecule has 5 heteroatoms. The molecule has 0 amide bonds. The first-order chi connectivity index (χ1) is 7.08. The lowest BCUT2D eigenvalue weighted by molar-refractivity contribution is -0.0732. The second kappa shape index (κ2) is 5.21. The third kappa shape index (κ3) is 2.99. The highest BCUT2D eigenvalue weighted by atomic mass is 35.5. The molecule has 0 aromatic heterocycles. The smallest absolute Gasteiger partial charge is 0.141 e. The lowest BCUT2D eigenvalue weighted by atomic mass is 10.2. The number of halogens is 1. The van der Waals surface area contributed by atoms with E-state index in [0.29, 0.717) is 23.1 Å². The summed E-state index contributed by atoms with van der Waals surface area (Å²) in [4.78, 5) is 0. The van der Waals surface area contributed by atoms with Gasteiger partial charge in [-0.2, -0.15) is 5.06 Å². The summed E-state index contributed by atoms with van der Waals surface area (Å²) >= 11 is 5.99. The highest BCUT2D eigenvalue weighted by Crippen LogP contribution is 2.35. The lowest BCUT2D eigenvalue weighted by Crippen LogP contribution is -2.11. The molecule has 0 aliphatic carbocycles. The number of ether oxygens (including phenoxy) is 2. The Kier molecular flexibility index (Phi) is 4.20. The number of rotatable bonds is 4. The van der Waals surface area contributed by atoms with Gasteiger partial charge in [-0.05, 0) is 17.7 Å². The Morgan fingerprint density at radius 1 is 1.27 bits per heavy atom. The number of hydrogen-bond acceptors (Lipinski definition) is 4. The summed E-state index contributed by atoms with van der Waals surface area (Å²) in [5.74, 6) is 1.07. The van der Waals surface area contributed by atoms with E-state index >= 15 is 0 Å². The first-order valence-corrected chi connectivity index (χ1v) is 4.76. The van der Waals surface area contributed by atoms with E-state index in [-0.39, 0.29) is 0 Å². The molecule has 0 aliphatic rings. The van der Waals surface area contributed by atoms with Crippen LogP contribution in [-0.4, -0.2) is 31.5 Å². The second-order valence-electron chi connectivity index (χ2n) is 3.13. The molecule has 1 N–H and O–H groups in total. The van der Waals surface area contributed by atoms with Crippen LogP contribution in [0.5, 0.6) is 11.5 Å². The van der Waals surface area contributed by atoms with Gasteiger partial charge in [0.25, 0.3) is 0 Å². The highest BCUT2D eigenvalue weighted by Gasteiger charge is 2.10. The van der Waals surface area contributed by atoms with Gasteiger partial charge in [-0.15, -0.1) is 0 Å². The molecule has 0 aliphatic heterocycles. The Labute approximate surface area is 93.9 Å². The number of hydroxylamine groups is 2. The summed E-state index contributed by atoms with van der Waals surface area (Å²) in [5.41, 5.74) is 0.859. The predicted molar refractivity (Wildman–Crippen MR) is 57.8 cm³/mol. The Hall–Kier alpha value is -0.970. The number of benzene rings is 1. The zero-order valence-corrected chi connectivity index (χ0v) is 9.71. The second-order valence-corrected chi connectivity index (χ2v) is 3.51. The topological polar surface area (TPSA) is 41.9 Å². The van der Waals surface area contributed by atoms with Crippen LogP contribution in [0.25, 0.3) is 0 Å². The molecule has 15 heavy (non-hydrogen) atoms. The van der Waals surface area contributed by atoms with Crippen molar-refractivity contribution in [3.8, 4) is 11.5 Å². The quantitative estimate of drug-likeness (QED) is 0.807. The monoisotopic (exact) mass is 231 g/mol. The molecule has 0 atom stereocenters. The molecule has 0 heterocycles. The molecule has 0 radical (unpaired) electrons. The van der Waals surface area contributed by atoms with Crippen LogP contribution < -0.4 is 9.47 Å². The van der Waals surface area contributed by atoms with Gasteiger partial charge in [0.1, 0.15) is 16.5 Å². The van der Waals surface area contributed by atoms with Gasteiger partial charge in [0.05, 0.1) is 14.2 Å². The van der Waals surface area contributed by atoms with Crippen LogP contribution in [0.3, 0.4) is 0 Å². The molecule has 0 fully saturated rings. The number of hydrogen-bond donors (Lipinski definition) is 1. The van der Waals surface area contributed by atoms with E-state index in [1.165, 1.54) is 14.2 Å². The van der Waals surface area contributed by atoms with E-state index in [0.717, 1.165) is 10.6 Å². The Morgan fingerprint density at radius 2 is 1.73 bits per heavy atom. The molecule has 1 aromatic rings. The maximum atomic E-state index is 9.12. The minimum absolute atomic E-state index is 0.379. The summed E-state index contributed by atoms with van der Waals surface area (Å²) in [6, 6.07) is 3.52. The summed E-state index contributed by atoms with van der Waals surface area (Å²) in [6.07, 6.45) is 0. The van der Waals surface area contributed by atoms with E-state index < -0.39 is 0 Å². The van der Waals surface area contributed by atoms with Crippen molar-refractivity contribution in [2.75, 3.05) is 21.3 Å². The van der Waals surface area contributed by atoms with Gasteiger partial charge in [-0.1, -0.05) is 11.6 Å². The Balaban J connectivity index is 3.09. The molecule has 0 unspecified atom stereocenters. The molecular formula is C10H14ClNO3. The van der Waals surface area contributed by atoms with Crippen LogP contribution in [-0.2, 0) is 6.54 Å². The van der Waals surface area contributed by atoms with Crippen molar-refractivity contribution >= 4 is 11.6 Å². The molecule has 1 aromatic carbocycles. The molecule has 0 spiro atoms. The van der Waals surface area contributed by atoms with Crippen molar-refractivity contribution in [1.82, 2.24) is 5.06 Å². The Morgan fingerprint density at radius 3 is 2.07 bits per heavy atom. The fourth-order valence-electron chi connectivity index (χ4n) is 1.28. The van der Waals surface area contributed by atoms with E-state index in [9.17, 15) is 0 Å². The number of methoxy groups -OCH3 is 2. The van der Waals surface area contributed by atoms with Gasteiger partial charge < -0.3 is 14.7 Å². The van der Waals surface area contributed by atoms with Crippen molar-refractivity contribution in [1.29, 1.82) is 0 Å². The van der Waals surface area contributed by atoms with Crippen LogP contribution in [0.15, 0.2) is 12.1 Å². The first kappa shape index (κ1) is 12.1. The zero-order valence-electron chi connectivity index (χ0n) is 8.95. The summed E-state index contributed by atoms with van der Waals surface area (Å²) in [6.45, 7) is 0.379. The summed E-state index contributed by atoms with van der Waals surface area (Å²) in [7, 11) is 4.63. The van der Waals surface area contributed by atoms with Crippen LogP contribution in [0.2, 0.25) is 5.02 Å². The molecular weight excluding hydrogens is 218 g/mol. The van der Waals surface area contributed by atoms with Crippen molar-refractivity contribution in [3.05, 3.63) is 22.7 Å². The Bertz CT molecular complexity index is 316. The van der Waals surface area contributed by atoms with Crippen molar-refractivity contribution in [2.24, 2.45) is 0 Å². The zero-order chi connectivity index (χ0) is 11.4. The minimum atomic E-state index is 0.379. The molecule has 0 bridgehead atoms. The van der Waals surface area contributed by atoms with Gasteiger partial charge in [0, 0.05) is 13.6 Å². The third-order valence-corrected chi connectivity index (χ3v) is 2.29. The van der Waals surface area contributed by atoms with Gasteiger partial charge in [-0.25, -0.2) is 0 Å². The first-order valence-electron chi connectivity index (χ1n) is 4.39. The average molecular weight is 232 g/mol. The highest BCUT2D eigenvalue weighted by molar-refractivity contribution is 6.33. The molecule has 84 valence electrons.